The Morgan fingerprint density at radius 2 is 1.36 bits per heavy atom. The molecule has 0 atom stereocenters. The van der Waals surface area contributed by atoms with Crippen LogP contribution in [0.2, 0.25) is 0 Å². The van der Waals surface area contributed by atoms with E-state index in [1.165, 1.54) is 0 Å². The average Bonchev–Trinajstić information content (AvgIpc) is 2.79. The van der Waals surface area contributed by atoms with Crippen molar-refractivity contribution >= 4 is 11.6 Å². The van der Waals surface area contributed by atoms with Crippen LogP contribution in [-0.2, 0) is 6.54 Å². The van der Waals surface area contributed by atoms with Crippen LogP contribution in [0.25, 0.3) is 11.3 Å². The summed E-state index contributed by atoms with van der Waals surface area (Å²) in [6, 6.07) is 30.8. The first-order chi connectivity index (χ1) is 13.8. The molecule has 0 unspecified atom stereocenters. The van der Waals surface area contributed by atoms with Crippen molar-refractivity contribution in [2.24, 2.45) is 0 Å². The number of carbonyl (C=O) groups excluding carboxylic acids is 1. The SMILES string of the molecule is O=C(c1ccccc1)c1cc(-c2ccccc2)nnc1NCc1ccccc1. The summed E-state index contributed by atoms with van der Waals surface area (Å²) in [6.45, 7) is 0.565. The van der Waals surface area contributed by atoms with E-state index < -0.39 is 0 Å². The number of benzene rings is 3. The lowest BCUT2D eigenvalue weighted by molar-refractivity contribution is 0.103. The van der Waals surface area contributed by atoms with Gasteiger partial charge in [0.1, 0.15) is 0 Å². The summed E-state index contributed by atoms with van der Waals surface area (Å²) in [4.78, 5) is 13.2. The van der Waals surface area contributed by atoms with Crippen LogP contribution in [0.15, 0.2) is 97.1 Å². The molecule has 0 saturated carbocycles. The lowest BCUT2D eigenvalue weighted by Crippen LogP contribution is -2.11. The summed E-state index contributed by atoms with van der Waals surface area (Å²) in [5.41, 5.74) is 3.83. The minimum absolute atomic E-state index is 0.0803. The van der Waals surface area contributed by atoms with Crippen LogP contribution in [0.4, 0.5) is 5.82 Å². The second-order valence-corrected chi connectivity index (χ2v) is 6.39. The topological polar surface area (TPSA) is 54.9 Å². The molecule has 0 fully saturated rings. The number of anilines is 1. The number of carbonyl (C=O) groups is 1. The maximum absolute atomic E-state index is 13.2. The zero-order chi connectivity index (χ0) is 19.2. The molecule has 0 bridgehead atoms. The maximum Gasteiger partial charge on any atom is 0.196 e. The van der Waals surface area contributed by atoms with Crippen molar-refractivity contribution in [3.05, 3.63) is 114 Å². The third-order valence-electron chi connectivity index (χ3n) is 4.45. The Kier molecular flexibility index (Phi) is 5.20. The Hall–Kier alpha value is -3.79. The second-order valence-electron chi connectivity index (χ2n) is 6.39. The van der Waals surface area contributed by atoms with Gasteiger partial charge in [0.15, 0.2) is 11.6 Å². The number of nitrogens with zero attached hydrogens (tertiary/aromatic N) is 2. The van der Waals surface area contributed by atoms with Crippen molar-refractivity contribution in [1.29, 1.82) is 0 Å². The van der Waals surface area contributed by atoms with E-state index >= 15 is 0 Å². The molecule has 4 nitrogen and oxygen atoms in total. The minimum atomic E-state index is -0.0803. The molecule has 28 heavy (non-hydrogen) atoms. The zero-order valence-corrected chi connectivity index (χ0v) is 15.2. The third-order valence-corrected chi connectivity index (χ3v) is 4.45. The van der Waals surface area contributed by atoms with Gasteiger partial charge in [-0.3, -0.25) is 4.79 Å². The fourth-order valence-corrected chi connectivity index (χ4v) is 2.97. The van der Waals surface area contributed by atoms with Gasteiger partial charge in [-0.15, -0.1) is 10.2 Å². The van der Waals surface area contributed by atoms with Crippen LogP contribution >= 0.6 is 0 Å². The Morgan fingerprint density at radius 1 is 0.750 bits per heavy atom. The van der Waals surface area contributed by atoms with E-state index in [0.717, 1.165) is 11.1 Å². The highest BCUT2D eigenvalue weighted by Crippen LogP contribution is 2.23. The molecule has 0 radical (unpaired) electrons. The molecule has 0 saturated heterocycles. The number of rotatable bonds is 6. The zero-order valence-electron chi connectivity index (χ0n) is 15.2. The fraction of sp³-hybridized carbons (Fsp3) is 0.0417. The monoisotopic (exact) mass is 365 g/mol. The minimum Gasteiger partial charge on any atom is -0.364 e. The molecule has 0 spiro atoms. The van der Waals surface area contributed by atoms with E-state index in [4.69, 9.17) is 0 Å². The molecule has 0 aliphatic rings. The van der Waals surface area contributed by atoms with Crippen LogP contribution in [-0.4, -0.2) is 16.0 Å². The van der Waals surface area contributed by atoms with E-state index in [2.05, 4.69) is 15.5 Å². The van der Waals surface area contributed by atoms with Gasteiger partial charge in [-0.2, -0.15) is 0 Å². The lowest BCUT2D eigenvalue weighted by Gasteiger charge is -2.12. The van der Waals surface area contributed by atoms with Crippen LogP contribution < -0.4 is 5.32 Å². The average molecular weight is 365 g/mol. The fourth-order valence-electron chi connectivity index (χ4n) is 2.97. The van der Waals surface area contributed by atoms with Crippen LogP contribution in [0.1, 0.15) is 21.5 Å². The van der Waals surface area contributed by atoms with Gasteiger partial charge in [0.05, 0.1) is 11.3 Å². The first-order valence-electron chi connectivity index (χ1n) is 9.12. The lowest BCUT2D eigenvalue weighted by atomic mass is 10.0. The van der Waals surface area contributed by atoms with Crippen molar-refractivity contribution in [3.63, 3.8) is 0 Å². The van der Waals surface area contributed by atoms with E-state index in [1.54, 1.807) is 0 Å². The van der Waals surface area contributed by atoms with Gasteiger partial charge in [0.2, 0.25) is 0 Å². The number of hydrogen-bond donors (Lipinski definition) is 1. The summed E-state index contributed by atoms with van der Waals surface area (Å²) in [7, 11) is 0. The van der Waals surface area contributed by atoms with Crippen molar-refractivity contribution in [3.8, 4) is 11.3 Å². The first kappa shape index (κ1) is 17.6. The van der Waals surface area contributed by atoms with Crippen molar-refractivity contribution in [2.45, 2.75) is 6.54 Å². The molecule has 1 N–H and O–H groups in total. The molecule has 0 aliphatic heterocycles. The van der Waals surface area contributed by atoms with Gasteiger partial charge >= 0.3 is 0 Å². The molecular weight excluding hydrogens is 346 g/mol. The second kappa shape index (κ2) is 8.27. The summed E-state index contributed by atoms with van der Waals surface area (Å²) in [5, 5.41) is 11.9. The Bertz CT molecular complexity index is 1060. The molecule has 1 heterocycles. The molecular formula is C24H19N3O. The molecule has 0 aliphatic carbocycles. The Morgan fingerprint density at radius 3 is 2.04 bits per heavy atom. The third kappa shape index (κ3) is 3.96. The van der Waals surface area contributed by atoms with Crippen LogP contribution in [0.5, 0.6) is 0 Å². The Labute approximate surface area is 163 Å². The largest absolute Gasteiger partial charge is 0.364 e. The van der Waals surface area contributed by atoms with E-state index in [0.29, 0.717) is 29.2 Å². The summed E-state index contributed by atoms with van der Waals surface area (Å²) in [5.74, 6) is 0.403. The molecule has 3 aromatic carbocycles. The van der Waals surface area contributed by atoms with E-state index in [9.17, 15) is 4.79 Å². The normalized spacial score (nSPS) is 10.4. The molecule has 4 aromatic rings. The summed E-state index contributed by atoms with van der Waals surface area (Å²) >= 11 is 0. The van der Waals surface area contributed by atoms with E-state index in [-0.39, 0.29) is 5.78 Å². The number of ketones is 1. The highest BCUT2D eigenvalue weighted by molar-refractivity contribution is 6.12. The number of nitrogens with one attached hydrogen (secondary N) is 1. The quantitative estimate of drug-likeness (QED) is 0.489. The van der Waals surface area contributed by atoms with Gasteiger partial charge in [0, 0.05) is 17.7 Å². The molecule has 1 aromatic heterocycles. The van der Waals surface area contributed by atoms with Gasteiger partial charge in [-0.25, -0.2) is 0 Å². The first-order valence-corrected chi connectivity index (χ1v) is 9.12. The smallest absolute Gasteiger partial charge is 0.196 e. The predicted molar refractivity (Wildman–Crippen MR) is 111 cm³/mol. The van der Waals surface area contributed by atoms with Crippen molar-refractivity contribution < 1.29 is 4.79 Å². The summed E-state index contributed by atoms with van der Waals surface area (Å²) < 4.78 is 0. The molecule has 4 rings (SSSR count). The van der Waals surface area contributed by atoms with Gasteiger partial charge in [-0.05, 0) is 11.6 Å². The van der Waals surface area contributed by atoms with Crippen molar-refractivity contribution in [1.82, 2.24) is 10.2 Å². The number of aromatic nitrogens is 2. The van der Waals surface area contributed by atoms with Crippen molar-refractivity contribution in [2.75, 3.05) is 5.32 Å². The summed E-state index contributed by atoms with van der Waals surface area (Å²) in [6.07, 6.45) is 0. The van der Waals surface area contributed by atoms with Gasteiger partial charge in [-0.1, -0.05) is 91.0 Å². The van der Waals surface area contributed by atoms with Crippen LogP contribution in [0, 0.1) is 0 Å². The molecule has 0 amide bonds. The highest BCUT2D eigenvalue weighted by Gasteiger charge is 2.17. The maximum atomic E-state index is 13.2. The highest BCUT2D eigenvalue weighted by atomic mass is 16.1. The van der Waals surface area contributed by atoms with Gasteiger partial charge in [0.25, 0.3) is 0 Å². The standard InChI is InChI=1S/C24H19N3O/c28-23(20-14-8-3-9-15-20)21-16-22(19-12-6-2-7-13-19)26-27-24(21)25-17-18-10-4-1-5-11-18/h1-16H,17H2,(H,25,27). The number of hydrogen-bond acceptors (Lipinski definition) is 4. The van der Waals surface area contributed by atoms with Gasteiger partial charge < -0.3 is 5.32 Å². The molecule has 136 valence electrons. The Balaban J connectivity index is 1.71. The van der Waals surface area contributed by atoms with E-state index in [1.807, 2.05) is 97.1 Å². The van der Waals surface area contributed by atoms with Crippen LogP contribution in [0.3, 0.4) is 0 Å². The molecule has 4 heteroatoms. The predicted octanol–water partition coefficient (Wildman–Crippen LogP) is 4.99.